The van der Waals surface area contributed by atoms with Crippen LogP contribution in [-0.2, 0) is 4.74 Å². The van der Waals surface area contributed by atoms with Crippen molar-refractivity contribution in [3.8, 4) is 0 Å². The van der Waals surface area contributed by atoms with Crippen LogP contribution in [0.3, 0.4) is 0 Å². The number of piperidine rings is 1. The second kappa shape index (κ2) is 6.70. The quantitative estimate of drug-likeness (QED) is 0.901. The zero-order valence-corrected chi connectivity index (χ0v) is 11.6. The molecule has 110 valence electrons. The van der Waals surface area contributed by atoms with Gasteiger partial charge in [0.2, 0.25) is 0 Å². The largest absolute Gasteiger partial charge is 0.478 e. The molecule has 4 nitrogen and oxygen atoms in total. The summed E-state index contributed by atoms with van der Waals surface area (Å²) in [7, 11) is 0. The van der Waals surface area contributed by atoms with Crippen molar-refractivity contribution in [3.05, 3.63) is 29.6 Å². The summed E-state index contributed by atoms with van der Waals surface area (Å²) >= 11 is 0. The average Bonchev–Trinajstić information content (AvgIpc) is 2.45. The molecule has 0 saturated carbocycles. The summed E-state index contributed by atoms with van der Waals surface area (Å²) in [4.78, 5) is 13.0. The molecular weight excluding hydrogens is 261 g/mol. The first-order valence-corrected chi connectivity index (χ1v) is 7.01. The number of carbonyl (C=O) groups is 1. The van der Waals surface area contributed by atoms with Crippen molar-refractivity contribution >= 4 is 11.7 Å². The second-order valence-electron chi connectivity index (χ2n) is 5.02. The maximum atomic E-state index is 14.0. The number of carboxylic acid groups (broad SMARTS) is 1. The van der Waals surface area contributed by atoms with Gasteiger partial charge < -0.3 is 14.7 Å². The average molecular weight is 281 g/mol. The van der Waals surface area contributed by atoms with Crippen molar-refractivity contribution in [1.29, 1.82) is 0 Å². The number of hydrogen-bond donors (Lipinski definition) is 1. The van der Waals surface area contributed by atoms with E-state index in [0.717, 1.165) is 19.3 Å². The van der Waals surface area contributed by atoms with Gasteiger partial charge in [-0.1, -0.05) is 13.0 Å². The molecule has 5 heteroatoms. The zero-order chi connectivity index (χ0) is 14.5. The van der Waals surface area contributed by atoms with Gasteiger partial charge in [-0.3, -0.25) is 0 Å². The molecule has 1 unspecified atom stereocenters. The normalized spacial score (nSPS) is 19.1. The molecular formula is C15H20FNO3. The van der Waals surface area contributed by atoms with E-state index in [-0.39, 0.29) is 17.4 Å². The third kappa shape index (κ3) is 3.28. The number of anilines is 1. The van der Waals surface area contributed by atoms with Crippen LogP contribution in [0.1, 0.15) is 36.5 Å². The number of halogens is 1. The molecule has 1 aromatic rings. The van der Waals surface area contributed by atoms with Crippen LogP contribution in [0.5, 0.6) is 0 Å². The Kier molecular flexibility index (Phi) is 4.95. The van der Waals surface area contributed by atoms with Gasteiger partial charge in [0.15, 0.2) is 0 Å². The fourth-order valence-corrected chi connectivity index (χ4v) is 2.57. The summed E-state index contributed by atoms with van der Waals surface area (Å²) in [6.07, 6.45) is 2.80. The molecule has 1 aliphatic heterocycles. The first-order chi connectivity index (χ1) is 9.63. The Bertz CT molecular complexity index is 478. The number of ether oxygens (including phenoxy) is 1. The summed E-state index contributed by atoms with van der Waals surface area (Å²) in [6.45, 7) is 3.93. The van der Waals surface area contributed by atoms with Gasteiger partial charge >= 0.3 is 5.97 Å². The minimum atomic E-state index is -1.10. The summed E-state index contributed by atoms with van der Waals surface area (Å²) in [6, 6.07) is 4.17. The SMILES string of the molecule is CCCOC1CCCN(c2c(F)cccc2C(=O)O)C1. The summed E-state index contributed by atoms with van der Waals surface area (Å²) in [5.41, 5.74) is 0.200. The van der Waals surface area contributed by atoms with Gasteiger partial charge in [0.1, 0.15) is 5.82 Å². The standard InChI is InChI=1S/C15H20FNO3/c1-2-9-20-11-5-4-8-17(10-11)14-12(15(18)19)6-3-7-13(14)16/h3,6-7,11H,2,4-5,8-10H2,1H3,(H,18,19). The first kappa shape index (κ1) is 14.8. The molecule has 20 heavy (non-hydrogen) atoms. The van der Waals surface area contributed by atoms with Crippen molar-refractivity contribution in [2.24, 2.45) is 0 Å². The Morgan fingerprint density at radius 2 is 2.35 bits per heavy atom. The van der Waals surface area contributed by atoms with Gasteiger partial charge in [-0.05, 0) is 31.4 Å². The van der Waals surface area contributed by atoms with Crippen molar-refractivity contribution in [2.75, 3.05) is 24.6 Å². The van der Waals surface area contributed by atoms with Crippen LogP contribution in [0.25, 0.3) is 0 Å². The minimum Gasteiger partial charge on any atom is -0.478 e. The lowest BCUT2D eigenvalue weighted by atomic mass is 10.0. The molecule has 0 amide bonds. The van der Waals surface area contributed by atoms with Crippen LogP contribution >= 0.6 is 0 Å². The number of nitrogens with zero attached hydrogens (tertiary/aromatic N) is 1. The highest BCUT2D eigenvalue weighted by Crippen LogP contribution is 2.28. The molecule has 0 spiro atoms. The minimum absolute atomic E-state index is 0.0149. The van der Waals surface area contributed by atoms with Crippen LogP contribution < -0.4 is 4.90 Å². The molecule has 1 N–H and O–H groups in total. The van der Waals surface area contributed by atoms with Crippen molar-refractivity contribution in [2.45, 2.75) is 32.3 Å². The third-order valence-electron chi connectivity index (χ3n) is 3.47. The summed E-state index contributed by atoms with van der Waals surface area (Å²) < 4.78 is 19.7. The highest BCUT2D eigenvalue weighted by atomic mass is 19.1. The fourth-order valence-electron chi connectivity index (χ4n) is 2.57. The number of carboxylic acids is 1. The van der Waals surface area contributed by atoms with Crippen LogP contribution in [0.2, 0.25) is 0 Å². The Hall–Kier alpha value is -1.62. The van der Waals surface area contributed by atoms with E-state index in [4.69, 9.17) is 4.74 Å². The van der Waals surface area contributed by atoms with Gasteiger partial charge in [0, 0.05) is 19.7 Å². The molecule has 0 radical (unpaired) electrons. The van der Waals surface area contributed by atoms with E-state index in [9.17, 15) is 14.3 Å². The summed E-state index contributed by atoms with van der Waals surface area (Å²) in [5, 5.41) is 9.20. The third-order valence-corrected chi connectivity index (χ3v) is 3.47. The molecule has 1 fully saturated rings. The van der Waals surface area contributed by atoms with E-state index in [1.54, 1.807) is 4.90 Å². The van der Waals surface area contributed by atoms with Gasteiger partial charge in [0.25, 0.3) is 0 Å². The molecule has 0 aromatic heterocycles. The second-order valence-corrected chi connectivity index (χ2v) is 5.02. The van der Waals surface area contributed by atoms with Crippen molar-refractivity contribution in [3.63, 3.8) is 0 Å². The zero-order valence-electron chi connectivity index (χ0n) is 11.6. The van der Waals surface area contributed by atoms with E-state index in [1.807, 2.05) is 6.92 Å². The lowest BCUT2D eigenvalue weighted by Crippen LogP contribution is -2.41. The van der Waals surface area contributed by atoms with Crippen molar-refractivity contribution < 1.29 is 19.0 Å². The number of hydrogen-bond acceptors (Lipinski definition) is 3. The molecule has 1 aliphatic rings. The maximum absolute atomic E-state index is 14.0. The lowest BCUT2D eigenvalue weighted by molar-refractivity contribution is 0.0438. The fraction of sp³-hybridized carbons (Fsp3) is 0.533. The Labute approximate surface area is 118 Å². The van der Waals surface area contributed by atoms with E-state index >= 15 is 0 Å². The van der Waals surface area contributed by atoms with Gasteiger partial charge in [-0.15, -0.1) is 0 Å². The molecule has 1 heterocycles. The smallest absolute Gasteiger partial charge is 0.337 e. The van der Waals surface area contributed by atoms with Gasteiger partial charge in [-0.2, -0.15) is 0 Å². The van der Waals surface area contributed by atoms with Crippen LogP contribution in [-0.4, -0.2) is 36.9 Å². The molecule has 1 saturated heterocycles. The van der Waals surface area contributed by atoms with Gasteiger partial charge in [-0.25, -0.2) is 9.18 Å². The van der Waals surface area contributed by atoms with Crippen molar-refractivity contribution in [1.82, 2.24) is 0 Å². The van der Waals surface area contributed by atoms with E-state index in [1.165, 1.54) is 18.2 Å². The van der Waals surface area contributed by atoms with Crippen LogP contribution in [0.4, 0.5) is 10.1 Å². The molecule has 0 aliphatic carbocycles. The van der Waals surface area contributed by atoms with E-state index < -0.39 is 11.8 Å². The number of aromatic carboxylic acids is 1. The Balaban J connectivity index is 2.20. The molecule has 1 atom stereocenters. The maximum Gasteiger partial charge on any atom is 0.337 e. The number of para-hydroxylation sites is 1. The number of benzene rings is 1. The molecule has 2 rings (SSSR count). The Morgan fingerprint density at radius 1 is 1.55 bits per heavy atom. The highest BCUT2D eigenvalue weighted by Gasteiger charge is 2.26. The highest BCUT2D eigenvalue weighted by molar-refractivity contribution is 5.94. The predicted molar refractivity (Wildman–Crippen MR) is 74.8 cm³/mol. The predicted octanol–water partition coefficient (Wildman–Crippen LogP) is 2.92. The first-order valence-electron chi connectivity index (χ1n) is 7.01. The Morgan fingerprint density at radius 3 is 3.05 bits per heavy atom. The van der Waals surface area contributed by atoms with Crippen LogP contribution in [0, 0.1) is 5.82 Å². The van der Waals surface area contributed by atoms with E-state index in [0.29, 0.717) is 19.7 Å². The van der Waals surface area contributed by atoms with E-state index in [2.05, 4.69) is 0 Å². The topological polar surface area (TPSA) is 49.8 Å². The lowest BCUT2D eigenvalue weighted by Gasteiger charge is -2.35. The number of rotatable bonds is 5. The van der Waals surface area contributed by atoms with Gasteiger partial charge in [0.05, 0.1) is 17.4 Å². The molecule has 0 bridgehead atoms. The van der Waals surface area contributed by atoms with Crippen LogP contribution in [0.15, 0.2) is 18.2 Å². The summed E-state index contributed by atoms with van der Waals surface area (Å²) in [5.74, 6) is -1.59. The molecule has 1 aromatic carbocycles. The monoisotopic (exact) mass is 281 g/mol.